The average molecular weight is 391 g/mol. The molecule has 0 bridgehead atoms. The summed E-state index contributed by atoms with van der Waals surface area (Å²) >= 11 is 5.97. The second-order valence-corrected chi connectivity index (χ2v) is 7.27. The van der Waals surface area contributed by atoms with Crippen LogP contribution in [0.15, 0.2) is 72.8 Å². The third-order valence-corrected chi connectivity index (χ3v) is 5.09. The van der Waals surface area contributed by atoms with Gasteiger partial charge in [0.2, 0.25) is 0 Å². The number of carboxylic acids is 1. The van der Waals surface area contributed by atoms with E-state index in [4.69, 9.17) is 11.6 Å². The van der Waals surface area contributed by atoms with Crippen LogP contribution in [0.4, 0.5) is 0 Å². The monoisotopic (exact) mass is 390 g/mol. The molecule has 5 heteroatoms. The molecule has 0 aliphatic rings. The lowest BCUT2D eigenvalue weighted by molar-refractivity contribution is -0.137. The molecule has 1 unspecified atom stereocenters. The van der Waals surface area contributed by atoms with Gasteiger partial charge in [-0.25, -0.2) is 4.98 Å². The van der Waals surface area contributed by atoms with Gasteiger partial charge in [0.1, 0.15) is 5.82 Å². The highest BCUT2D eigenvalue weighted by Gasteiger charge is 2.18. The first-order chi connectivity index (χ1) is 13.6. The molecule has 0 spiro atoms. The molecule has 4 nitrogen and oxygen atoms in total. The van der Waals surface area contributed by atoms with Gasteiger partial charge < -0.3 is 10.1 Å². The Labute approximate surface area is 167 Å². The van der Waals surface area contributed by atoms with Gasteiger partial charge in [0.05, 0.1) is 17.5 Å². The number of imidazole rings is 1. The molecule has 1 heterocycles. The Morgan fingerprint density at radius 1 is 1.00 bits per heavy atom. The fraction of sp³-hybridized carbons (Fsp3) is 0.130. The van der Waals surface area contributed by atoms with Crippen LogP contribution < -0.4 is 0 Å². The number of rotatable bonds is 6. The maximum absolute atomic E-state index is 11.4. The number of nitrogens with one attached hydrogen (secondary N) is 1. The minimum absolute atomic E-state index is 0.0357. The van der Waals surface area contributed by atoms with Crippen LogP contribution in [0.25, 0.3) is 22.2 Å². The van der Waals surface area contributed by atoms with E-state index in [1.807, 2.05) is 36.4 Å². The van der Waals surface area contributed by atoms with Crippen LogP contribution in [-0.2, 0) is 11.2 Å². The minimum atomic E-state index is -0.831. The molecule has 0 radical (unpaired) electrons. The van der Waals surface area contributed by atoms with Gasteiger partial charge in [0.15, 0.2) is 0 Å². The summed E-state index contributed by atoms with van der Waals surface area (Å²) in [5, 5.41) is 9.96. The van der Waals surface area contributed by atoms with Gasteiger partial charge in [0, 0.05) is 17.4 Å². The molecule has 4 rings (SSSR count). The topological polar surface area (TPSA) is 66.0 Å². The molecule has 0 aliphatic heterocycles. The number of aliphatic carboxylic acids is 1. The SMILES string of the molecule is O=C(O)CC(Cc1nc2ccc(-c3ccccc3)cc2[nH]1)c1ccc(Cl)cc1. The Bertz CT molecular complexity index is 1100. The lowest BCUT2D eigenvalue weighted by atomic mass is 9.92. The van der Waals surface area contributed by atoms with E-state index in [0.717, 1.165) is 33.5 Å². The highest BCUT2D eigenvalue weighted by molar-refractivity contribution is 6.30. The van der Waals surface area contributed by atoms with Gasteiger partial charge in [-0.2, -0.15) is 0 Å². The second-order valence-electron chi connectivity index (χ2n) is 6.83. The van der Waals surface area contributed by atoms with Crippen molar-refractivity contribution in [2.24, 2.45) is 0 Å². The first-order valence-corrected chi connectivity index (χ1v) is 9.47. The van der Waals surface area contributed by atoms with Crippen LogP contribution in [0.1, 0.15) is 23.7 Å². The number of benzene rings is 3. The Kier molecular flexibility index (Phi) is 5.13. The van der Waals surface area contributed by atoms with E-state index in [1.54, 1.807) is 12.1 Å². The molecule has 0 amide bonds. The van der Waals surface area contributed by atoms with E-state index < -0.39 is 5.97 Å². The number of hydrogen-bond donors (Lipinski definition) is 2. The van der Waals surface area contributed by atoms with Crippen LogP contribution in [0.3, 0.4) is 0 Å². The molecule has 3 aromatic carbocycles. The van der Waals surface area contributed by atoms with Crippen molar-refractivity contribution < 1.29 is 9.90 Å². The van der Waals surface area contributed by atoms with Crippen LogP contribution in [0.5, 0.6) is 0 Å². The first-order valence-electron chi connectivity index (χ1n) is 9.10. The third-order valence-electron chi connectivity index (χ3n) is 4.84. The standard InChI is InChI=1S/C23H19ClN2O2/c24-19-9-6-16(7-10-19)18(14-23(27)28)13-22-25-20-11-8-17(12-21(20)26-22)15-4-2-1-3-5-15/h1-12,18H,13-14H2,(H,25,26)(H,27,28). The van der Waals surface area contributed by atoms with Crippen molar-refractivity contribution >= 4 is 28.6 Å². The molecule has 0 saturated carbocycles. The Morgan fingerprint density at radius 3 is 2.46 bits per heavy atom. The molecule has 140 valence electrons. The zero-order chi connectivity index (χ0) is 19.5. The summed E-state index contributed by atoms with van der Waals surface area (Å²) in [6.07, 6.45) is 0.553. The van der Waals surface area contributed by atoms with Crippen LogP contribution in [-0.4, -0.2) is 21.0 Å². The van der Waals surface area contributed by atoms with Crippen molar-refractivity contribution in [3.05, 3.63) is 89.2 Å². The maximum atomic E-state index is 11.4. The zero-order valence-electron chi connectivity index (χ0n) is 15.1. The largest absolute Gasteiger partial charge is 0.481 e. The molecule has 0 saturated heterocycles. The van der Waals surface area contributed by atoms with Crippen molar-refractivity contribution in [2.75, 3.05) is 0 Å². The lowest BCUT2D eigenvalue weighted by Gasteiger charge is -2.14. The molecule has 4 aromatic rings. The van der Waals surface area contributed by atoms with Crippen molar-refractivity contribution in [2.45, 2.75) is 18.8 Å². The summed E-state index contributed by atoms with van der Waals surface area (Å²) in [5.74, 6) is -0.229. The molecule has 0 fully saturated rings. The van der Waals surface area contributed by atoms with Gasteiger partial charge in [0.25, 0.3) is 0 Å². The normalized spacial score (nSPS) is 12.2. The number of nitrogens with zero attached hydrogens (tertiary/aromatic N) is 1. The quantitative estimate of drug-likeness (QED) is 0.444. The van der Waals surface area contributed by atoms with Gasteiger partial charge >= 0.3 is 5.97 Å². The van der Waals surface area contributed by atoms with Gasteiger partial charge in [-0.1, -0.05) is 60.1 Å². The van der Waals surface area contributed by atoms with Crippen molar-refractivity contribution in [3.8, 4) is 11.1 Å². The molecule has 1 atom stereocenters. The Hall–Kier alpha value is -3.11. The summed E-state index contributed by atoms with van der Waals surface area (Å²) < 4.78 is 0. The van der Waals surface area contributed by atoms with Crippen molar-refractivity contribution in [1.29, 1.82) is 0 Å². The van der Waals surface area contributed by atoms with Gasteiger partial charge in [-0.15, -0.1) is 0 Å². The Morgan fingerprint density at radius 2 is 1.75 bits per heavy atom. The van der Waals surface area contributed by atoms with Crippen molar-refractivity contribution in [3.63, 3.8) is 0 Å². The third kappa shape index (κ3) is 4.07. The smallest absolute Gasteiger partial charge is 0.303 e. The first kappa shape index (κ1) is 18.3. The predicted molar refractivity (Wildman–Crippen MR) is 112 cm³/mol. The summed E-state index contributed by atoms with van der Waals surface area (Å²) in [7, 11) is 0. The highest BCUT2D eigenvalue weighted by Crippen LogP contribution is 2.27. The van der Waals surface area contributed by atoms with Crippen LogP contribution in [0.2, 0.25) is 5.02 Å². The highest BCUT2D eigenvalue weighted by atomic mass is 35.5. The lowest BCUT2D eigenvalue weighted by Crippen LogP contribution is -2.10. The summed E-state index contributed by atoms with van der Waals surface area (Å²) in [6.45, 7) is 0. The number of aromatic amines is 1. The molecule has 0 aliphatic carbocycles. The van der Waals surface area contributed by atoms with E-state index in [0.29, 0.717) is 11.4 Å². The minimum Gasteiger partial charge on any atom is -0.481 e. The zero-order valence-corrected chi connectivity index (χ0v) is 15.9. The molecule has 2 N–H and O–H groups in total. The van der Waals surface area contributed by atoms with Gasteiger partial charge in [-0.05, 0) is 41.0 Å². The summed E-state index contributed by atoms with van der Waals surface area (Å²) in [4.78, 5) is 19.4. The number of H-pyrrole nitrogens is 1. The van der Waals surface area contributed by atoms with Crippen LogP contribution in [0, 0.1) is 0 Å². The molecule has 1 aromatic heterocycles. The van der Waals surface area contributed by atoms with E-state index in [-0.39, 0.29) is 12.3 Å². The molecule has 28 heavy (non-hydrogen) atoms. The van der Waals surface area contributed by atoms with Crippen LogP contribution >= 0.6 is 11.6 Å². The summed E-state index contributed by atoms with van der Waals surface area (Å²) in [5.41, 5.74) is 5.02. The average Bonchev–Trinajstić information content (AvgIpc) is 3.10. The number of carbonyl (C=O) groups is 1. The van der Waals surface area contributed by atoms with E-state index in [2.05, 4.69) is 34.2 Å². The number of carboxylic acid groups (broad SMARTS) is 1. The number of hydrogen-bond acceptors (Lipinski definition) is 2. The predicted octanol–water partition coefficient (Wildman–Crippen LogP) is 5.68. The maximum Gasteiger partial charge on any atom is 0.303 e. The number of aromatic nitrogens is 2. The Balaban J connectivity index is 1.63. The van der Waals surface area contributed by atoms with E-state index >= 15 is 0 Å². The molecular weight excluding hydrogens is 372 g/mol. The fourth-order valence-corrected chi connectivity index (χ4v) is 3.58. The number of fused-ring (bicyclic) bond motifs is 1. The summed E-state index contributed by atoms with van der Waals surface area (Å²) in [6, 6.07) is 23.6. The van der Waals surface area contributed by atoms with Gasteiger partial charge in [-0.3, -0.25) is 4.79 Å². The molecular formula is C23H19ClN2O2. The van der Waals surface area contributed by atoms with E-state index in [9.17, 15) is 9.90 Å². The van der Waals surface area contributed by atoms with E-state index in [1.165, 1.54) is 0 Å². The number of halogens is 1. The fourth-order valence-electron chi connectivity index (χ4n) is 3.46. The van der Waals surface area contributed by atoms with Crippen molar-refractivity contribution in [1.82, 2.24) is 9.97 Å². The second kappa shape index (κ2) is 7.87.